The van der Waals surface area contributed by atoms with E-state index in [0.29, 0.717) is 25.4 Å². The fourth-order valence-electron chi connectivity index (χ4n) is 1.83. The second-order valence-electron chi connectivity index (χ2n) is 4.41. The summed E-state index contributed by atoms with van der Waals surface area (Å²) in [5.74, 6) is 0.732. The molecule has 0 aliphatic carbocycles. The second-order valence-corrected chi connectivity index (χ2v) is 6.49. The van der Waals surface area contributed by atoms with Crippen LogP contribution in [0.5, 0.6) is 0 Å². The third kappa shape index (κ3) is 6.38. The highest BCUT2D eigenvalue weighted by atomic mass is 32.2. The maximum absolute atomic E-state index is 12.1. The van der Waals surface area contributed by atoms with Gasteiger partial charge in [0.25, 0.3) is 0 Å². The first-order valence-corrected chi connectivity index (χ1v) is 8.25. The molecule has 0 rings (SSSR count). The molecule has 0 aliphatic heterocycles. The molecule has 4 nitrogen and oxygen atoms in total. The summed E-state index contributed by atoms with van der Waals surface area (Å²) in [6.07, 6.45) is 2.76. The molecule has 0 heterocycles. The average molecular weight is 264 g/mol. The van der Waals surface area contributed by atoms with Crippen LogP contribution in [0.2, 0.25) is 0 Å². The maximum atomic E-state index is 12.1. The third-order valence-corrected chi connectivity index (χ3v) is 5.19. The molecule has 104 valence electrons. The summed E-state index contributed by atoms with van der Waals surface area (Å²) in [7, 11) is -1.22. The standard InChI is InChI=1S/C12H28N2O2S/c1-5-12(6-2)11-14(7-3)17(15,16)10-8-9-13-4/h12-13H,5-11H2,1-4H3. The van der Waals surface area contributed by atoms with E-state index in [9.17, 15) is 8.42 Å². The normalized spacial score (nSPS) is 12.6. The molecule has 0 aromatic heterocycles. The van der Waals surface area contributed by atoms with Crippen LogP contribution in [0, 0.1) is 5.92 Å². The summed E-state index contributed by atoms with van der Waals surface area (Å²) in [5.41, 5.74) is 0. The molecule has 0 fully saturated rings. The Kier molecular flexibility index (Phi) is 8.82. The summed E-state index contributed by atoms with van der Waals surface area (Å²) < 4.78 is 25.8. The van der Waals surface area contributed by atoms with Crippen molar-refractivity contribution in [2.24, 2.45) is 5.92 Å². The van der Waals surface area contributed by atoms with Gasteiger partial charge in [-0.15, -0.1) is 0 Å². The molecule has 0 radical (unpaired) electrons. The Morgan fingerprint density at radius 2 is 1.76 bits per heavy atom. The Bertz CT molecular complexity index is 274. The fourth-order valence-corrected chi connectivity index (χ4v) is 3.43. The van der Waals surface area contributed by atoms with Gasteiger partial charge >= 0.3 is 0 Å². The largest absolute Gasteiger partial charge is 0.320 e. The van der Waals surface area contributed by atoms with Crippen molar-refractivity contribution in [1.82, 2.24) is 9.62 Å². The van der Waals surface area contributed by atoms with Crippen molar-refractivity contribution in [3.05, 3.63) is 0 Å². The lowest BCUT2D eigenvalue weighted by Crippen LogP contribution is -2.37. The van der Waals surface area contributed by atoms with Crippen LogP contribution in [0.3, 0.4) is 0 Å². The Labute approximate surface area is 107 Å². The molecule has 0 aromatic rings. The lowest BCUT2D eigenvalue weighted by atomic mass is 10.0. The van der Waals surface area contributed by atoms with Gasteiger partial charge in [0.1, 0.15) is 0 Å². The van der Waals surface area contributed by atoms with Gasteiger partial charge in [-0.3, -0.25) is 0 Å². The first kappa shape index (κ1) is 16.9. The maximum Gasteiger partial charge on any atom is 0.214 e. The van der Waals surface area contributed by atoms with E-state index < -0.39 is 10.0 Å². The number of rotatable bonds is 10. The average Bonchev–Trinajstić information content (AvgIpc) is 2.30. The van der Waals surface area contributed by atoms with Gasteiger partial charge in [0.15, 0.2) is 0 Å². The van der Waals surface area contributed by atoms with Crippen LogP contribution in [0.4, 0.5) is 0 Å². The van der Waals surface area contributed by atoms with Gasteiger partial charge < -0.3 is 5.32 Å². The molecule has 0 amide bonds. The van der Waals surface area contributed by atoms with Crippen molar-refractivity contribution < 1.29 is 8.42 Å². The van der Waals surface area contributed by atoms with E-state index in [0.717, 1.165) is 19.4 Å². The monoisotopic (exact) mass is 264 g/mol. The summed E-state index contributed by atoms with van der Waals surface area (Å²) in [5, 5.41) is 2.98. The minimum atomic E-state index is -3.07. The SMILES string of the molecule is CCC(CC)CN(CC)S(=O)(=O)CCCNC. The highest BCUT2D eigenvalue weighted by molar-refractivity contribution is 7.89. The Balaban J connectivity index is 4.41. The highest BCUT2D eigenvalue weighted by Crippen LogP contribution is 2.13. The van der Waals surface area contributed by atoms with Gasteiger partial charge in [-0.1, -0.05) is 33.6 Å². The Morgan fingerprint density at radius 3 is 2.18 bits per heavy atom. The van der Waals surface area contributed by atoms with Gasteiger partial charge in [0, 0.05) is 13.1 Å². The molecule has 0 atom stereocenters. The predicted molar refractivity (Wildman–Crippen MR) is 73.6 cm³/mol. The van der Waals surface area contributed by atoms with E-state index in [-0.39, 0.29) is 5.75 Å². The van der Waals surface area contributed by atoms with E-state index in [1.807, 2.05) is 14.0 Å². The van der Waals surface area contributed by atoms with Gasteiger partial charge in [0.05, 0.1) is 5.75 Å². The number of sulfonamides is 1. The van der Waals surface area contributed by atoms with Crippen molar-refractivity contribution in [3.63, 3.8) is 0 Å². The van der Waals surface area contributed by atoms with Crippen molar-refractivity contribution in [2.45, 2.75) is 40.0 Å². The number of nitrogens with one attached hydrogen (secondary N) is 1. The minimum Gasteiger partial charge on any atom is -0.320 e. The Hall–Kier alpha value is -0.130. The van der Waals surface area contributed by atoms with Crippen molar-refractivity contribution >= 4 is 10.0 Å². The van der Waals surface area contributed by atoms with Crippen molar-refractivity contribution in [3.8, 4) is 0 Å². The zero-order valence-electron chi connectivity index (χ0n) is 11.7. The van der Waals surface area contributed by atoms with Crippen LogP contribution in [-0.4, -0.2) is 45.2 Å². The summed E-state index contributed by atoms with van der Waals surface area (Å²) in [6, 6.07) is 0. The van der Waals surface area contributed by atoms with Crippen LogP contribution in [0.15, 0.2) is 0 Å². The summed E-state index contributed by atoms with van der Waals surface area (Å²) in [4.78, 5) is 0. The molecule has 0 spiro atoms. The van der Waals surface area contributed by atoms with Crippen LogP contribution in [-0.2, 0) is 10.0 Å². The quantitative estimate of drug-likeness (QED) is 0.611. The zero-order chi connectivity index (χ0) is 13.3. The minimum absolute atomic E-state index is 0.252. The van der Waals surface area contributed by atoms with E-state index in [1.54, 1.807) is 4.31 Å². The first-order chi connectivity index (χ1) is 8.01. The molecule has 1 N–H and O–H groups in total. The van der Waals surface area contributed by atoms with Crippen LogP contribution >= 0.6 is 0 Å². The van der Waals surface area contributed by atoms with Gasteiger partial charge in [-0.05, 0) is 25.9 Å². The molecular weight excluding hydrogens is 236 g/mol. The lowest BCUT2D eigenvalue weighted by Gasteiger charge is -2.24. The smallest absolute Gasteiger partial charge is 0.214 e. The molecule has 0 unspecified atom stereocenters. The fraction of sp³-hybridized carbons (Fsp3) is 1.00. The highest BCUT2D eigenvalue weighted by Gasteiger charge is 2.22. The van der Waals surface area contributed by atoms with Crippen LogP contribution < -0.4 is 5.32 Å². The van der Waals surface area contributed by atoms with Crippen LogP contribution in [0.1, 0.15) is 40.0 Å². The van der Waals surface area contributed by atoms with E-state index in [2.05, 4.69) is 19.2 Å². The Morgan fingerprint density at radius 1 is 1.18 bits per heavy atom. The number of hydrogen-bond acceptors (Lipinski definition) is 3. The lowest BCUT2D eigenvalue weighted by molar-refractivity contribution is 0.339. The van der Waals surface area contributed by atoms with Crippen molar-refractivity contribution in [1.29, 1.82) is 0 Å². The molecular formula is C12H28N2O2S. The molecule has 0 saturated carbocycles. The molecule has 0 aliphatic rings. The second kappa shape index (κ2) is 8.89. The van der Waals surface area contributed by atoms with Gasteiger partial charge in [-0.25, -0.2) is 12.7 Å². The zero-order valence-corrected chi connectivity index (χ0v) is 12.5. The molecule has 0 bridgehead atoms. The molecule has 5 heteroatoms. The molecule has 0 saturated heterocycles. The molecule has 17 heavy (non-hydrogen) atoms. The van der Waals surface area contributed by atoms with E-state index >= 15 is 0 Å². The van der Waals surface area contributed by atoms with Gasteiger partial charge in [-0.2, -0.15) is 0 Å². The third-order valence-electron chi connectivity index (χ3n) is 3.19. The van der Waals surface area contributed by atoms with E-state index in [4.69, 9.17) is 0 Å². The summed E-state index contributed by atoms with van der Waals surface area (Å²) >= 11 is 0. The first-order valence-electron chi connectivity index (χ1n) is 6.64. The topological polar surface area (TPSA) is 49.4 Å². The van der Waals surface area contributed by atoms with Crippen molar-refractivity contribution in [2.75, 3.05) is 32.4 Å². The summed E-state index contributed by atoms with van der Waals surface area (Å²) in [6.45, 7) is 8.16. The predicted octanol–water partition coefficient (Wildman–Crippen LogP) is 1.68. The molecule has 0 aromatic carbocycles. The van der Waals surface area contributed by atoms with Crippen LogP contribution in [0.25, 0.3) is 0 Å². The van der Waals surface area contributed by atoms with Gasteiger partial charge in [0.2, 0.25) is 10.0 Å². The van der Waals surface area contributed by atoms with E-state index in [1.165, 1.54) is 0 Å². The number of nitrogens with zero attached hydrogens (tertiary/aromatic N) is 1. The number of hydrogen-bond donors (Lipinski definition) is 1.